The van der Waals surface area contributed by atoms with Crippen LogP contribution < -0.4 is 15.9 Å². The van der Waals surface area contributed by atoms with Gasteiger partial charge in [-0.25, -0.2) is 4.79 Å². The first-order valence-corrected chi connectivity index (χ1v) is 10.4. The van der Waals surface area contributed by atoms with E-state index in [2.05, 4.69) is 52.2 Å². The zero-order chi connectivity index (χ0) is 17.6. The summed E-state index contributed by atoms with van der Waals surface area (Å²) in [6, 6.07) is 26.2. The largest absolute Gasteiger partial charge is 0.478 e. The number of hydrogen-bond acceptors (Lipinski definition) is 2. The minimum atomic E-state index is -0.912. The van der Waals surface area contributed by atoms with Crippen LogP contribution in [0.5, 0.6) is 0 Å². The van der Waals surface area contributed by atoms with E-state index < -0.39 is 13.9 Å². The molecule has 0 unspecified atom stereocenters. The van der Waals surface area contributed by atoms with Gasteiger partial charge in [0.15, 0.2) is 0 Å². The number of hydrogen-bond donors (Lipinski definition) is 2. The van der Waals surface area contributed by atoms with Crippen LogP contribution in [0, 0.1) is 3.57 Å². The highest BCUT2D eigenvalue weighted by atomic mass is 127. The maximum atomic E-state index is 11.5. The zero-order valence-corrected chi connectivity index (χ0v) is 16.4. The van der Waals surface area contributed by atoms with Crippen LogP contribution in [-0.2, 0) is 0 Å². The third kappa shape index (κ3) is 4.59. The van der Waals surface area contributed by atoms with Gasteiger partial charge < -0.3 is 10.4 Å². The standard InChI is InChI=1S/C20H17INO2P/c21-15-11-12-19(18(13-15)20(23)24)22-14-25(16-7-3-1-4-8-16)17-9-5-2-6-10-17/h1-13,22H,14H2,(H,23,24). The fourth-order valence-corrected chi connectivity index (χ4v) is 5.11. The molecular formula is C20H17INO2P. The number of rotatable bonds is 6. The van der Waals surface area contributed by atoms with Crippen molar-refractivity contribution in [1.29, 1.82) is 0 Å². The lowest BCUT2D eigenvalue weighted by molar-refractivity contribution is 0.0698. The van der Waals surface area contributed by atoms with Crippen molar-refractivity contribution in [2.24, 2.45) is 0 Å². The molecule has 0 aromatic heterocycles. The molecule has 3 aromatic carbocycles. The molecule has 0 bridgehead atoms. The topological polar surface area (TPSA) is 49.3 Å². The maximum Gasteiger partial charge on any atom is 0.337 e. The molecule has 25 heavy (non-hydrogen) atoms. The fraction of sp³-hybridized carbons (Fsp3) is 0.0500. The molecule has 0 spiro atoms. The molecular weight excluding hydrogens is 444 g/mol. The van der Waals surface area contributed by atoms with Crippen LogP contribution in [0.3, 0.4) is 0 Å². The van der Waals surface area contributed by atoms with E-state index >= 15 is 0 Å². The van der Waals surface area contributed by atoms with Crippen LogP contribution in [0.4, 0.5) is 5.69 Å². The molecule has 0 radical (unpaired) electrons. The third-order valence-electron chi connectivity index (χ3n) is 3.78. The van der Waals surface area contributed by atoms with Crippen molar-refractivity contribution < 1.29 is 9.90 Å². The van der Waals surface area contributed by atoms with Crippen molar-refractivity contribution in [2.75, 3.05) is 11.6 Å². The van der Waals surface area contributed by atoms with Gasteiger partial charge in [-0.3, -0.25) is 0 Å². The van der Waals surface area contributed by atoms with E-state index in [9.17, 15) is 9.90 Å². The number of benzene rings is 3. The number of anilines is 1. The predicted octanol–water partition coefficient (Wildman–Crippen LogP) is 4.49. The summed E-state index contributed by atoms with van der Waals surface area (Å²) in [5, 5.41) is 15.3. The average molecular weight is 461 g/mol. The number of carboxylic acids is 1. The first-order valence-electron chi connectivity index (χ1n) is 7.79. The molecule has 0 heterocycles. The monoisotopic (exact) mass is 461 g/mol. The van der Waals surface area contributed by atoms with Gasteiger partial charge in [0.1, 0.15) is 0 Å². The summed E-state index contributed by atoms with van der Waals surface area (Å²) in [5.41, 5.74) is 0.968. The van der Waals surface area contributed by atoms with Crippen molar-refractivity contribution in [2.45, 2.75) is 0 Å². The fourth-order valence-electron chi connectivity index (χ4n) is 2.56. The van der Waals surface area contributed by atoms with Gasteiger partial charge in [0.25, 0.3) is 0 Å². The molecule has 0 atom stereocenters. The first-order chi connectivity index (χ1) is 12.1. The van der Waals surface area contributed by atoms with Crippen molar-refractivity contribution in [3.05, 3.63) is 88.0 Å². The Morgan fingerprint density at radius 3 is 2.00 bits per heavy atom. The second-order valence-corrected chi connectivity index (χ2v) is 8.88. The molecule has 3 aromatic rings. The molecule has 0 aliphatic heterocycles. The predicted molar refractivity (Wildman–Crippen MR) is 114 cm³/mol. The smallest absolute Gasteiger partial charge is 0.337 e. The van der Waals surface area contributed by atoms with Gasteiger partial charge in [0, 0.05) is 15.5 Å². The lowest BCUT2D eigenvalue weighted by Gasteiger charge is -2.20. The normalized spacial score (nSPS) is 10.6. The average Bonchev–Trinajstić information content (AvgIpc) is 2.64. The minimum absolute atomic E-state index is 0.308. The van der Waals surface area contributed by atoms with Gasteiger partial charge in [0.2, 0.25) is 0 Å². The Morgan fingerprint density at radius 1 is 0.920 bits per heavy atom. The number of carboxylic acid groups (broad SMARTS) is 1. The van der Waals surface area contributed by atoms with Crippen molar-refractivity contribution in [3.63, 3.8) is 0 Å². The zero-order valence-electron chi connectivity index (χ0n) is 13.4. The molecule has 126 valence electrons. The summed E-state index contributed by atoms with van der Waals surface area (Å²) in [5.74, 6) is -0.912. The minimum Gasteiger partial charge on any atom is -0.478 e. The van der Waals surface area contributed by atoms with Crippen molar-refractivity contribution in [3.8, 4) is 0 Å². The van der Waals surface area contributed by atoms with E-state index in [0.29, 0.717) is 17.5 Å². The van der Waals surface area contributed by atoms with Crippen LogP contribution in [0.25, 0.3) is 0 Å². The van der Waals surface area contributed by atoms with E-state index in [1.165, 1.54) is 10.6 Å². The summed E-state index contributed by atoms with van der Waals surface area (Å²) >= 11 is 2.13. The molecule has 3 nitrogen and oxygen atoms in total. The van der Waals surface area contributed by atoms with Crippen LogP contribution in [0.15, 0.2) is 78.9 Å². The van der Waals surface area contributed by atoms with Gasteiger partial charge in [0.05, 0.1) is 5.56 Å². The highest BCUT2D eigenvalue weighted by Crippen LogP contribution is 2.34. The quantitative estimate of drug-likeness (QED) is 0.420. The number of carbonyl (C=O) groups is 1. The molecule has 5 heteroatoms. The van der Waals surface area contributed by atoms with Crippen LogP contribution in [-0.4, -0.2) is 17.4 Å². The molecule has 0 fully saturated rings. The Balaban J connectivity index is 1.89. The lowest BCUT2D eigenvalue weighted by Crippen LogP contribution is -2.18. The van der Waals surface area contributed by atoms with E-state index in [0.717, 1.165) is 3.57 Å². The Morgan fingerprint density at radius 2 is 1.48 bits per heavy atom. The van der Waals surface area contributed by atoms with E-state index in [4.69, 9.17) is 0 Å². The van der Waals surface area contributed by atoms with Gasteiger partial charge >= 0.3 is 5.97 Å². The van der Waals surface area contributed by atoms with E-state index in [1.807, 2.05) is 48.5 Å². The third-order valence-corrected chi connectivity index (χ3v) is 6.76. The van der Waals surface area contributed by atoms with Gasteiger partial charge in [-0.05, 0) is 59.3 Å². The second kappa shape index (κ2) is 8.45. The van der Waals surface area contributed by atoms with Gasteiger partial charge in [-0.15, -0.1) is 0 Å². The van der Waals surface area contributed by atoms with Crippen molar-refractivity contribution in [1.82, 2.24) is 0 Å². The summed E-state index contributed by atoms with van der Waals surface area (Å²) in [7, 11) is -0.620. The Kier molecular flexibility index (Phi) is 6.05. The molecule has 2 N–H and O–H groups in total. The van der Waals surface area contributed by atoms with E-state index in [1.54, 1.807) is 6.07 Å². The second-order valence-electron chi connectivity index (χ2n) is 5.43. The molecule has 0 aliphatic carbocycles. The van der Waals surface area contributed by atoms with Crippen LogP contribution in [0.1, 0.15) is 10.4 Å². The highest BCUT2D eigenvalue weighted by molar-refractivity contribution is 14.1. The van der Waals surface area contributed by atoms with Gasteiger partial charge in [-0.1, -0.05) is 60.7 Å². The number of aromatic carboxylic acids is 1. The van der Waals surface area contributed by atoms with Crippen LogP contribution >= 0.6 is 30.5 Å². The summed E-state index contributed by atoms with van der Waals surface area (Å²) in [6.45, 7) is 0. The highest BCUT2D eigenvalue weighted by Gasteiger charge is 2.16. The summed E-state index contributed by atoms with van der Waals surface area (Å²) in [4.78, 5) is 11.5. The summed E-state index contributed by atoms with van der Waals surface area (Å²) < 4.78 is 0.911. The van der Waals surface area contributed by atoms with Crippen molar-refractivity contribution >= 4 is 52.8 Å². The number of halogens is 1. The maximum absolute atomic E-state index is 11.5. The molecule has 3 rings (SSSR count). The Hall–Kier alpha value is -1.91. The Labute approximate surface area is 162 Å². The SMILES string of the molecule is O=C(O)c1cc(I)ccc1NCP(c1ccccc1)c1ccccc1. The molecule has 0 amide bonds. The molecule has 0 aliphatic rings. The van der Waals surface area contributed by atoms with E-state index in [-0.39, 0.29) is 0 Å². The molecule has 0 saturated heterocycles. The number of nitrogens with one attached hydrogen (secondary N) is 1. The lowest BCUT2D eigenvalue weighted by atomic mass is 10.2. The Bertz CT molecular complexity index is 817. The molecule has 0 saturated carbocycles. The first kappa shape index (κ1) is 17.9. The van der Waals surface area contributed by atoms with Gasteiger partial charge in [-0.2, -0.15) is 0 Å². The van der Waals surface area contributed by atoms with Crippen LogP contribution in [0.2, 0.25) is 0 Å². The summed E-state index contributed by atoms with van der Waals surface area (Å²) in [6.07, 6.45) is 0.685.